The van der Waals surface area contributed by atoms with Gasteiger partial charge < -0.3 is 14.8 Å². The molecule has 1 unspecified atom stereocenters. The van der Waals surface area contributed by atoms with Crippen molar-refractivity contribution in [3.63, 3.8) is 0 Å². The van der Waals surface area contributed by atoms with E-state index in [1.165, 1.54) is 6.66 Å². The smallest absolute Gasteiger partial charge is 0.264 e. The molecule has 0 aliphatic heterocycles. The molecule has 1 heterocycles. The van der Waals surface area contributed by atoms with E-state index < -0.39 is 30.7 Å². The Morgan fingerprint density at radius 2 is 1.64 bits per heavy atom. The molecular formula is C24H26N3O5P. The largest absolute Gasteiger partial charge is 0.341 e. The minimum absolute atomic E-state index is 0.0431. The van der Waals surface area contributed by atoms with E-state index in [0.29, 0.717) is 0 Å². The van der Waals surface area contributed by atoms with Crippen molar-refractivity contribution in [1.29, 1.82) is 0 Å². The first-order valence-electron chi connectivity index (χ1n) is 10.5. The molecule has 0 radical (unpaired) electrons. The quantitative estimate of drug-likeness (QED) is 0.346. The average molecular weight is 467 g/mol. The zero-order valence-electron chi connectivity index (χ0n) is 18.5. The highest BCUT2D eigenvalue weighted by atomic mass is 31.2. The predicted octanol–water partition coefficient (Wildman–Crippen LogP) is 3.81. The summed E-state index contributed by atoms with van der Waals surface area (Å²) in [5, 5.41) is 2.88. The predicted molar refractivity (Wildman–Crippen MR) is 126 cm³/mol. The van der Waals surface area contributed by atoms with Gasteiger partial charge in [0, 0.05) is 25.4 Å². The van der Waals surface area contributed by atoms with E-state index in [1.807, 2.05) is 60.7 Å². The van der Waals surface area contributed by atoms with Gasteiger partial charge in [0.1, 0.15) is 5.56 Å². The number of nitrogens with one attached hydrogen (secondary N) is 2. The Balaban J connectivity index is 1.77. The molecule has 0 saturated carbocycles. The van der Waals surface area contributed by atoms with Crippen LogP contribution in [0.1, 0.15) is 51.5 Å². The van der Waals surface area contributed by atoms with E-state index in [4.69, 9.17) is 4.52 Å². The van der Waals surface area contributed by atoms with Gasteiger partial charge in [-0.1, -0.05) is 60.7 Å². The highest BCUT2D eigenvalue weighted by molar-refractivity contribution is 7.58. The van der Waals surface area contributed by atoms with Crippen LogP contribution in [0.4, 0.5) is 0 Å². The molecule has 172 valence electrons. The number of carbonyl (C=O) groups is 2. The number of hydrogen-bond donors (Lipinski definition) is 2. The molecular weight excluding hydrogens is 441 g/mol. The van der Waals surface area contributed by atoms with E-state index >= 15 is 0 Å². The third-order valence-corrected chi connectivity index (χ3v) is 6.84. The summed E-state index contributed by atoms with van der Waals surface area (Å²) in [5.74, 6) is -1.28. The molecule has 1 amide bonds. The van der Waals surface area contributed by atoms with Crippen LogP contribution in [0.2, 0.25) is 0 Å². The topological polar surface area (TPSA) is 118 Å². The van der Waals surface area contributed by atoms with E-state index in [-0.39, 0.29) is 30.6 Å². The highest BCUT2D eigenvalue weighted by Crippen LogP contribution is 2.42. The molecule has 0 fully saturated rings. The van der Waals surface area contributed by atoms with Crippen molar-refractivity contribution < 1.29 is 18.7 Å². The molecule has 1 aromatic heterocycles. The number of Topliss-reactive ketones (excluding diaryl/α,β-unsaturated/α-hetero) is 1. The number of hydrogen-bond acceptors (Lipinski definition) is 6. The summed E-state index contributed by atoms with van der Waals surface area (Å²) in [6.07, 6.45) is 1.04. The van der Waals surface area contributed by atoms with Crippen molar-refractivity contribution in [3.8, 4) is 0 Å². The number of H-pyrrole nitrogens is 1. The van der Waals surface area contributed by atoms with Crippen LogP contribution in [0.25, 0.3) is 0 Å². The second-order valence-corrected chi connectivity index (χ2v) is 10.3. The lowest BCUT2D eigenvalue weighted by molar-refractivity contribution is 0.0935. The summed E-state index contributed by atoms with van der Waals surface area (Å²) in [5.41, 5.74) is 0.771. The lowest BCUT2D eigenvalue weighted by Gasteiger charge is -2.19. The number of ketones is 1. The first-order chi connectivity index (χ1) is 15.8. The average Bonchev–Trinajstić information content (AvgIpc) is 2.82. The normalized spacial score (nSPS) is 12.8. The van der Waals surface area contributed by atoms with Crippen molar-refractivity contribution in [1.82, 2.24) is 15.3 Å². The Labute approximate surface area is 191 Å². The Hall–Kier alpha value is -3.35. The molecule has 0 saturated heterocycles. The van der Waals surface area contributed by atoms with Gasteiger partial charge in [0.15, 0.2) is 11.6 Å². The van der Waals surface area contributed by atoms with Crippen LogP contribution < -0.4 is 10.9 Å². The monoisotopic (exact) mass is 467 g/mol. The summed E-state index contributed by atoms with van der Waals surface area (Å²) in [6.45, 7) is 3.47. The van der Waals surface area contributed by atoms with Gasteiger partial charge in [-0.25, -0.2) is 4.98 Å². The Morgan fingerprint density at radius 3 is 2.15 bits per heavy atom. The van der Waals surface area contributed by atoms with Crippen molar-refractivity contribution >= 4 is 19.1 Å². The lowest BCUT2D eigenvalue weighted by Crippen LogP contribution is -2.34. The van der Waals surface area contributed by atoms with Gasteiger partial charge in [-0.2, -0.15) is 0 Å². The molecule has 33 heavy (non-hydrogen) atoms. The second kappa shape index (κ2) is 11.0. The number of aromatic amines is 1. The molecule has 3 rings (SSSR count). The van der Waals surface area contributed by atoms with E-state index in [2.05, 4.69) is 15.3 Å². The van der Waals surface area contributed by atoms with Crippen molar-refractivity contribution in [2.24, 2.45) is 0 Å². The number of rotatable bonds is 10. The fraction of sp³-hybridized carbons (Fsp3) is 0.250. The third-order valence-electron chi connectivity index (χ3n) is 5.00. The molecule has 8 nitrogen and oxygen atoms in total. The standard InChI is InChI=1S/C24H26N3O5P/c1-3-32-33(2,31)15-14-20(28)22-25-16-19(24(30)27-22)23(29)26-21(17-10-6-4-7-11-17)18-12-8-5-9-13-18/h4-13,16,21H,3,14-15H2,1-2H3,(H,26,29)(H,25,27,30). The van der Waals surface area contributed by atoms with Gasteiger partial charge in [0.2, 0.25) is 7.37 Å². The van der Waals surface area contributed by atoms with Crippen LogP contribution in [-0.4, -0.2) is 41.1 Å². The van der Waals surface area contributed by atoms with Gasteiger partial charge in [0.25, 0.3) is 11.5 Å². The highest BCUT2D eigenvalue weighted by Gasteiger charge is 2.22. The Kier molecular flexibility index (Phi) is 8.09. The minimum atomic E-state index is -2.88. The number of nitrogens with zero attached hydrogens (tertiary/aromatic N) is 1. The first kappa shape index (κ1) is 24.3. The number of benzene rings is 2. The molecule has 0 aliphatic rings. The molecule has 0 aliphatic carbocycles. The van der Waals surface area contributed by atoms with Gasteiger partial charge in [-0.3, -0.25) is 18.9 Å². The summed E-state index contributed by atoms with van der Waals surface area (Å²) < 4.78 is 17.3. The van der Waals surface area contributed by atoms with Crippen LogP contribution in [-0.2, 0) is 9.09 Å². The summed E-state index contributed by atoms with van der Waals surface area (Å²) in [7, 11) is -2.88. The molecule has 0 bridgehead atoms. The van der Waals surface area contributed by atoms with Crippen LogP contribution in [0.15, 0.2) is 71.7 Å². The second-order valence-electron chi connectivity index (χ2n) is 7.53. The maximum atomic E-state index is 12.9. The molecule has 0 spiro atoms. The zero-order chi connectivity index (χ0) is 23.8. The third kappa shape index (κ3) is 6.57. The van der Waals surface area contributed by atoms with Gasteiger partial charge in [-0.05, 0) is 18.1 Å². The molecule has 2 aromatic carbocycles. The molecule has 9 heteroatoms. The minimum Gasteiger partial charge on any atom is -0.341 e. The van der Waals surface area contributed by atoms with Crippen LogP contribution >= 0.6 is 7.37 Å². The maximum Gasteiger partial charge on any atom is 0.264 e. The Bertz CT molecular complexity index is 1170. The van der Waals surface area contributed by atoms with E-state index in [0.717, 1.165) is 17.3 Å². The number of amides is 1. The van der Waals surface area contributed by atoms with Gasteiger partial charge >= 0.3 is 0 Å². The van der Waals surface area contributed by atoms with Crippen molar-refractivity contribution in [2.75, 3.05) is 19.4 Å². The first-order valence-corrected chi connectivity index (χ1v) is 12.8. The van der Waals surface area contributed by atoms with Crippen molar-refractivity contribution in [3.05, 3.63) is 99.7 Å². The maximum absolute atomic E-state index is 12.9. The van der Waals surface area contributed by atoms with Crippen LogP contribution in [0, 0.1) is 0 Å². The molecule has 3 aromatic rings. The van der Waals surface area contributed by atoms with Crippen LogP contribution in [0.3, 0.4) is 0 Å². The number of aromatic nitrogens is 2. The summed E-state index contributed by atoms with van der Waals surface area (Å²) >= 11 is 0. The number of carbonyl (C=O) groups excluding carboxylic acids is 2. The van der Waals surface area contributed by atoms with E-state index in [1.54, 1.807) is 6.92 Å². The lowest BCUT2D eigenvalue weighted by atomic mass is 9.98. The van der Waals surface area contributed by atoms with Gasteiger partial charge in [0.05, 0.1) is 12.6 Å². The Morgan fingerprint density at radius 1 is 1.06 bits per heavy atom. The zero-order valence-corrected chi connectivity index (χ0v) is 19.4. The summed E-state index contributed by atoms with van der Waals surface area (Å²) in [4.78, 5) is 44.2. The van der Waals surface area contributed by atoms with Gasteiger partial charge in [-0.15, -0.1) is 0 Å². The van der Waals surface area contributed by atoms with E-state index in [9.17, 15) is 18.9 Å². The SMILES string of the molecule is CCOP(C)(=O)CCC(=O)c1ncc(C(=O)NC(c2ccccc2)c2ccccc2)c(=O)[nH]1. The fourth-order valence-electron chi connectivity index (χ4n) is 3.32. The van der Waals surface area contributed by atoms with Crippen molar-refractivity contribution in [2.45, 2.75) is 19.4 Å². The fourth-order valence-corrected chi connectivity index (χ4v) is 4.60. The molecule has 1 atom stereocenters. The summed E-state index contributed by atoms with van der Waals surface area (Å²) in [6, 6.07) is 18.3. The van der Waals surface area contributed by atoms with Crippen LogP contribution in [0.5, 0.6) is 0 Å². The molecule has 2 N–H and O–H groups in total.